The number of aliphatic hydroxyl groups excluding tert-OH is 2. The van der Waals surface area contributed by atoms with Gasteiger partial charge in [-0.05, 0) is 0 Å². The maximum atomic E-state index is 11.8. The third-order valence-corrected chi connectivity index (χ3v) is 3.08. The SMILES string of the molecule is CC(=O)O[C@H]1[C@H](O)[C@H](n2cc(N)c(N)nc2=O)O[C@@H]1CO. The summed E-state index contributed by atoms with van der Waals surface area (Å²) in [4.78, 5) is 26.3. The first-order valence-electron chi connectivity index (χ1n) is 6.11. The Labute approximate surface area is 118 Å². The van der Waals surface area contributed by atoms with E-state index in [0.29, 0.717) is 0 Å². The van der Waals surface area contributed by atoms with Crippen LogP contribution in [-0.4, -0.2) is 50.7 Å². The molecule has 2 heterocycles. The zero-order valence-corrected chi connectivity index (χ0v) is 11.2. The van der Waals surface area contributed by atoms with Crippen LogP contribution in [0.5, 0.6) is 0 Å². The standard InChI is InChI=1S/C11H16N4O6/c1-4(17)20-8-6(3-16)21-10(7(8)18)15-2-5(12)9(13)14-11(15)19/h2,6-8,10,16,18H,3,12H2,1H3,(H2,13,14,19)/t6-,7+,8-,10-/m1/s1. The summed E-state index contributed by atoms with van der Waals surface area (Å²) in [6.07, 6.45) is -3.48. The highest BCUT2D eigenvalue weighted by Crippen LogP contribution is 2.31. The van der Waals surface area contributed by atoms with Gasteiger partial charge in [0.15, 0.2) is 18.1 Å². The van der Waals surface area contributed by atoms with Crippen molar-refractivity contribution in [1.82, 2.24) is 9.55 Å². The van der Waals surface area contributed by atoms with E-state index in [1.807, 2.05) is 0 Å². The number of carbonyl (C=O) groups excluding carboxylic acids is 1. The number of anilines is 2. The second-order valence-electron chi connectivity index (χ2n) is 4.58. The molecule has 0 unspecified atom stereocenters. The Morgan fingerprint density at radius 1 is 1.57 bits per heavy atom. The lowest BCUT2D eigenvalue weighted by atomic mass is 10.1. The van der Waals surface area contributed by atoms with Crippen molar-refractivity contribution in [2.24, 2.45) is 0 Å². The predicted octanol–water partition coefficient (Wildman–Crippen LogP) is -2.41. The monoisotopic (exact) mass is 300 g/mol. The van der Waals surface area contributed by atoms with Gasteiger partial charge in [0.05, 0.1) is 12.3 Å². The molecule has 1 aromatic heterocycles. The molecule has 116 valence electrons. The molecular formula is C11H16N4O6. The van der Waals surface area contributed by atoms with E-state index in [-0.39, 0.29) is 11.5 Å². The van der Waals surface area contributed by atoms with Crippen LogP contribution >= 0.6 is 0 Å². The number of nitrogens with zero attached hydrogens (tertiary/aromatic N) is 2. The number of ether oxygens (including phenoxy) is 2. The summed E-state index contributed by atoms with van der Waals surface area (Å²) >= 11 is 0. The van der Waals surface area contributed by atoms with Crippen molar-refractivity contribution >= 4 is 17.5 Å². The van der Waals surface area contributed by atoms with Gasteiger partial charge in [-0.3, -0.25) is 9.36 Å². The minimum atomic E-state index is -1.37. The number of aromatic nitrogens is 2. The lowest BCUT2D eigenvalue weighted by Gasteiger charge is -2.19. The van der Waals surface area contributed by atoms with Crippen molar-refractivity contribution in [3.8, 4) is 0 Å². The molecule has 1 aromatic rings. The molecule has 4 atom stereocenters. The van der Waals surface area contributed by atoms with Gasteiger partial charge in [-0.25, -0.2) is 4.79 Å². The third-order valence-electron chi connectivity index (χ3n) is 3.08. The van der Waals surface area contributed by atoms with Crippen LogP contribution in [0.15, 0.2) is 11.0 Å². The van der Waals surface area contributed by atoms with Crippen LogP contribution in [0.4, 0.5) is 11.5 Å². The molecule has 21 heavy (non-hydrogen) atoms. The van der Waals surface area contributed by atoms with Crippen LogP contribution in [0.1, 0.15) is 13.2 Å². The van der Waals surface area contributed by atoms with E-state index in [1.165, 1.54) is 6.20 Å². The fourth-order valence-electron chi connectivity index (χ4n) is 2.11. The van der Waals surface area contributed by atoms with Crippen LogP contribution in [0.3, 0.4) is 0 Å². The van der Waals surface area contributed by atoms with Crippen molar-refractivity contribution in [1.29, 1.82) is 0 Å². The maximum absolute atomic E-state index is 11.8. The summed E-state index contributed by atoms with van der Waals surface area (Å²) in [5, 5.41) is 19.4. The Morgan fingerprint density at radius 3 is 2.81 bits per heavy atom. The summed E-state index contributed by atoms with van der Waals surface area (Å²) in [5.74, 6) is -0.789. The van der Waals surface area contributed by atoms with E-state index in [1.54, 1.807) is 0 Å². The molecule has 2 rings (SSSR count). The summed E-state index contributed by atoms with van der Waals surface area (Å²) < 4.78 is 11.2. The molecule has 0 aromatic carbocycles. The highest BCUT2D eigenvalue weighted by Gasteiger charge is 2.47. The second kappa shape index (κ2) is 5.68. The van der Waals surface area contributed by atoms with Crippen molar-refractivity contribution in [2.75, 3.05) is 18.1 Å². The quantitative estimate of drug-likeness (QED) is 0.445. The van der Waals surface area contributed by atoms with Gasteiger partial charge in [0.1, 0.15) is 12.2 Å². The number of nitrogen functional groups attached to an aromatic ring is 2. The zero-order chi connectivity index (χ0) is 15.7. The molecule has 0 radical (unpaired) electrons. The van der Waals surface area contributed by atoms with E-state index < -0.39 is 42.8 Å². The lowest BCUT2D eigenvalue weighted by Crippen LogP contribution is -2.39. The molecule has 6 N–H and O–H groups in total. The molecule has 0 bridgehead atoms. The number of rotatable bonds is 3. The molecule has 0 saturated carbocycles. The number of hydrogen-bond acceptors (Lipinski definition) is 9. The molecule has 1 fully saturated rings. The van der Waals surface area contributed by atoms with Crippen molar-refractivity contribution in [2.45, 2.75) is 31.5 Å². The highest BCUT2D eigenvalue weighted by molar-refractivity contribution is 5.66. The maximum Gasteiger partial charge on any atom is 0.351 e. The van der Waals surface area contributed by atoms with Crippen LogP contribution in [0.25, 0.3) is 0 Å². The van der Waals surface area contributed by atoms with Crippen LogP contribution in [0.2, 0.25) is 0 Å². The Hall–Kier alpha value is -2.17. The number of esters is 1. The van der Waals surface area contributed by atoms with Crippen LogP contribution in [-0.2, 0) is 14.3 Å². The van der Waals surface area contributed by atoms with E-state index >= 15 is 0 Å². The Kier molecular flexibility index (Phi) is 4.11. The van der Waals surface area contributed by atoms with E-state index in [0.717, 1.165) is 11.5 Å². The molecule has 0 amide bonds. The van der Waals surface area contributed by atoms with Gasteiger partial charge in [-0.2, -0.15) is 4.98 Å². The summed E-state index contributed by atoms with van der Waals surface area (Å²) in [5.41, 5.74) is 10.2. The minimum Gasteiger partial charge on any atom is -0.457 e. The molecule has 1 aliphatic rings. The third kappa shape index (κ3) is 2.82. The zero-order valence-electron chi connectivity index (χ0n) is 11.2. The van der Waals surface area contributed by atoms with Gasteiger partial charge < -0.3 is 31.2 Å². The normalized spacial score (nSPS) is 28.5. The first-order chi connectivity index (χ1) is 9.85. The van der Waals surface area contributed by atoms with Crippen LogP contribution in [0, 0.1) is 0 Å². The largest absolute Gasteiger partial charge is 0.457 e. The minimum absolute atomic E-state index is 0.0295. The summed E-state index contributed by atoms with van der Waals surface area (Å²) in [6.45, 7) is 0.654. The van der Waals surface area contributed by atoms with E-state index in [2.05, 4.69) is 4.98 Å². The topological polar surface area (TPSA) is 163 Å². The van der Waals surface area contributed by atoms with Gasteiger partial charge in [0.25, 0.3) is 0 Å². The van der Waals surface area contributed by atoms with Crippen molar-refractivity contribution in [3.63, 3.8) is 0 Å². The predicted molar refractivity (Wildman–Crippen MR) is 69.9 cm³/mol. The smallest absolute Gasteiger partial charge is 0.351 e. The molecule has 0 spiro atoms. The Morgan fingerprint density at radius 2 is 2.24 bits per heavy atom. The number of aliphatic hydroxyl groups is 2. The van der Waals surface area contributed by atoms with Gasteiger partial charge in [0.2, 0.25) is 0 Å². The average molecular weight is 300 g/mol. The first-order valence-corrected chi connectivity index (χ1v) is 6.11. The van der Waals surface area contributed by atoms with Gasteiger partial charge in [-0.1, -0.05) is 0 Å². The molecular weight excluding hydrogens is 284 g/mol. The fourth-order valence-corrected chi connectivity index (χ4v) is 2.11. The summed E-state index contributed by atoms with van der Waals surface area (Å²) in [6, 6.07) is 0. The van der Waals surface area contributed by atoms with E-state index in [9.17, 15) is 19.8 Å². The molecule has 1 aliphatic heterocycles. The Bertz CT molecular complexity index is 603. The van der Waals surface area contributed by atoms with Crippen LogP contribution < -0.4 is 17.2 Å². The summed E-state index contributed by atoms with van der Waals surface area (Å²) in [7, 11) is 0. The lowest BCUT2D eigenvalue weighted by molar-refractivity contribution is -0.153. The number of nitrogens with two attached hydrogens (primary N) is 2. The van der Waals surface area contributed by atoms with Crippen molar-refractivity contribution in [3.05, 3.63) is 16.7 Å². The molecule has 0 aliphatic carbocycles. The number of carbonyl (C=O) groups is 1. The molecule has 10 heteroatoms. The second-order valence-corrected chi connectivity index (χ2v) is 4.58. The number of hydrogen-bond donors (Lipinski definition) is 4. The fraction of sp³-hybridized carbons (Fsp3) is 0.545. The van der Waals surface area contributed by atoms with Gasteiger partial charge >= 0.3 is 11.7 Å². The van der Waals surface area contributed by atoms with Gasteiger partial charge in [-0.15, -0.1) is 0 Å². The first kappa shape index (κ1) is 15.2. The van der Waals surface area contributed by atoms with E-state index in [4.69, 9.17) is 20.9 Å². The highest BCUT2D eigenvalue weighted by atomic mass is 16.6. The Balaban J connectivity index is 2.35. The van der Waals surface area contributed by atoms with Crippen molar-refractivity contribution < 1.29 is 24.5 Å². The average Bonchev–Trinajstić information content (AvgIpc) is 2.71. The molecule has 1 saturated heterocycles. The molecule has 10 nitrogen and oxygen atoms in total. The van der Waals surface area contributed by atoms with Gasteiger partial charge in [0, 0.05) is 13.1 Å².